The molecule has 1 aromatic carbocycles. The highest BCUT2D eigenvalue weighted by Gasteiger charge is 1.96. The summed E-state index contributed by atoms with van der Waals surface area (Å²) >= 11 is 0. The van der Waals surface area contributed by atoms with E-state index in [9.17, 15) is 4.39 Å². The van der Waals surface area contributed by atoms with E-state index in [0.29, 0.717) is 0 Å². The van der Waals surface area contributed by atoms with E-state index in [4.69, 9.17) is 4.74 Å². The zero-order chi connectivity index (χ0) is 7.56. The molecular formula is C8H9FO. The highest BCUT2D eigenvalue weighted by atomic mass is 18.2. The number of aryl methyl sites for hydroxylation is 1. The zero-order valence-corrected chi connectivity index (χ0v) is 6.02. The minimum Gasteiger partial charge on any atom is -0.496 e. The number of methoxy groups -OCH3 is 1. The van der Waals surface area contributed by atoms with Crippen LogP contribution in [0.1, 0.15) is 5.56 Å². The second kappa shape index (κ2) is 2.69. The Morgan fingerprint density at radius 1 is 1.40 bits per heavy atom. The van der Waals surface area contributed by atoms with Gasteiger partial charge in [0.1, 0.15) is 11.6 Å². The fourth-order valence-electron chi connectivity index (χ4n) is 0.842. The van der Waals surface area contributed by atoms with Crippen molar-refractivity contribution < 1.29 is 9.13 Å². The largest absolute Gasteiger partial charge is 0.496 e. The molecule has 0 spiro atoms. The predicted octanol–water partition coefficient (Wildman–Crippen LogP) is 2.14. The lowest BCUT2D eigenvalue weighted by Gasteiger charge is -2.01. The summed E-state index contributed by atoms with van der Waals surface area (Å²) in [5, 5.41) is 0. The summed E-state index contributed by atoms with van der Waals surface area (Å²) in [5.74, 6) is 0.500. The Bertz CT molecular complexity index is 233. The molecule has 0 bridgehead atoms. The van der Waals surface area contributed by atoms with Gasteiger partial charge >= 0.3 is 0 Å². The summed E-state index contributed by atoms with van der Waals surface area (Å²) in [6.07, 6.45) is 0. The second-order valence-corrected chi connectivity index (χ2v) is 2.11. The van der Waals surface area contributed by atoms with E-state index < -0.39 is 0 Å². The number of ether oxygens (including phenoxy) is 1. The third-order valence-electron chi connectivity index (χ3n) is 1.36. The van der Waals surface area contributed by atoms with Gasteiger partial charge in [-0.25, -0.2) is 4.39 Å². The number of benzene rings is 1. The molecule has 0 aliphatic carbocycles. The predicted molar refractivity (Wildman–Crippen MR) is 37.7 cm³/mol. The van der Waals surface area contributed by atoms with Crippen molar-refractivity contribution in [2.75, 3.05) is 7.11 Å². The minimum absolute atomic E-state index is 0.224. The Morgan fingerprint density at radius 2 is 2.10 bits per heavy atom. The summed E-state index contributed by atoms with van der Waals surface area (Å²) < 4.78 is 17.4. The van der Waals surface area contributed by atoms with Crippen LogP contribution in [0, 0.1) is 12.7 Å². The van der Waals surface area contributed by atoms with Crippen LogP contribution in [0.5, 0.6) is 5.75 Å². The molecule has 1 rings (SSSR count). The first-order valence-electron chi connectivity index (χ1n) is 3.04. The van der Waals surface area contributed by atoms with Crippen molar-refractivity contribution in [3.8, 4) is 5.75 Å². The monoisotopic (exact) mass is 139 g/mol. The van der Waals surface area contributed by atoms with Crippen LogP contribution in [-0.2, 0) is 0 Å². The van der Waals surface area contributed by atoms with Crippen molar-refractivity contribution in [2.24, 2.45) is 0 Å². The number of hydrogen-bond acceptors (Lipinski definition) is 1. The van der Waals surface area contributed by atoms with Gasteiger partial charge in [-0.1, -0.05) is 0 Å². The Morgan fingerprint density at radius 3 is 2.60 bits per heavy atom. The molecule has 0 amide bonds. The normalized spacial score (nSPS) is 9.50. The van der Waals surface area contributed by atoms with Crippen molar-refractivity contribution in [3.05, 3.63) is 29.6 Å². The molecule has 0 aliphatic rings. The van der Waals surface area contributed by atoms with Gasteiger partial charge in [0.15, 0.2) is 0 Å². The molecule has 0 fully saturated rings. The molecule has 0 saturated carbocycles. The maximum absolute atomic E-state index is 12.4. The Hall–Kier alpha value is -1.05. The molecule has 2 heteroatoms. The lowest BCUT2D eigenvalue weighted by Crippen LogP contribution is -1.86. The van der Waals surface area contributed by atoms with Crippen molar-refractivity contribution in [3.63, 3.8) is 0 Å². The van der Waals surface area contributed by atoms with Gasteiger partial charge < -0.3 is 4.74 Å². The number of rotatable bonds is 1. The first-order chi connectivity index (χ1) is 4.74. The van der Waals surface area contributed by atoms with Gasteiger partial charge in [0.2, 0.25) is 0 Å². The van der Waals surface area contributed by atoms with Gasteiger partial charge in [-0.3, -0.25) is 0 Å². The van der Waals surface area contributed by atoms with Crippen molar-refractivity contribution in [1.29, 1.82) is 0 Å². The van der Waals surface area contributed by atoms with Gasteiger partial charge in [-0.2, -0.15) is 0 Å². The van der Waals surface area contributed by atoms with Gasteiger partial charge in [0.25, 0.3) is 0 Å². The van der Waals surface area contributed by atoms with Crippen LogP contribution in [0.15, 0.2) is 18.2 Å². The topological polar surface area (TPSA) is 9.23 Å². The van der Waals surface area contributed by atoms with Crippen molar-refractivity contribution in [1.82, 2.24) is 0 Å². The molecule has 1 nitrogen and oxygen atoms in total. The standard InChI is InChI=1S/C8H9FO/c1-6-5-7(9)3-4-8(6)10-2/h3-5H,1-2H3/i9-1. The lowest BCUT2D eigenvalue weighted by molar-refractivity contribution is 0.410. The summed E-state index contributed by atoms with van der Waals surface area (Å²) in [6.45, 7) is 1.81. The minimum atomic E-state index is -0.224. The van der Waals surface area contributed by atoms with E-state index in [1.165, 1.54) is 12.1 Å². The molecule has 0 radical (unpaired) electrons. The molecule has 0 heterocycles. The van der Waals surface area contributed by atoms with Gasteiger partial charge in [-0.15, -0.1) is 0 Å². The van der Waals surface area contributed by atoms with E-state index in [1.807, 2.05) is 6.92 Å². The van der Waals surface area contributed by atoms with Crippen LogP contribution in [0.4, 0.5) is 4.39 Å². The summed E-state index contributed by atoms with van der Waals surface area (Å²) in [6, 6.07) is 4.44. The molecule has 0 atom stereocenters. The Labute approximate surface area is 59.4 Å². The number of halogens is 1. The van der Waals surface area contributed by atoms with E-state index >= 15 is 0 Å². The molecule has 0 unspecified atom stereocenters. The first kappa shape index (κ1) is 7.06. The van der Waals surface area contributed by atoms with E-state index in [-0.39, 0.29) is 5.82 Å². The van der Waals surface area contributed by atoms with E-state index in [2.05, 4.69) is 0 Å². The van der Waals surface area contributed by atoms with Crippen LogP contribution < -0.4 is 4.74 Å². The van der Waals surface area contributed by atoms with Gasteiger partial charge in [0, 0.05) is 0 Å². The van der Waals surface area contributed by atoms with Crippen LogP contribution in [0.25, 0.3) is 0 Å². The molecule has 0 saturated heterocycles. The van der Waals surface area contributed by atoms with Gasteiger partial charge in [0.05, 0.1) is 7.11 Å². The van der Waals surface area contributed by atoms with E-state index in [1.54, 1.807) is 13.2 Å². The quantitative estimate of drug-likeness (QED) is 0.579. The van der Waals surface area contributed by atoms with Gasteiger partial charge in [-0.05, 0) is 30.7 Å². The van der Waals surface area contributed by atoms with Crippen molar-refractivity contribution in [2.45, 2.75) is 6.92 Å². The summed E-state index contributed by atoms with van der Waals surface area (Å²) in [4.78, 5) is 0. The molecule has 0 aromatic heterocycles. The average Bonchev–Trinajstić information content (AvgIpc) is 1.88. The smallest absolute Gasteiger partial charge is 0.123 e. The van der Waals surface area contributed by atoms with Crippen LogP contribution in [0.3, 0.4) is 0 Å². The summed E-state index contributed by atoms with van der Waals surface area (Å²) in [5.41, 5.74) is 0.822. The van der Waals surface area contributed by atoms with E-state index in [0.717, 1.165) is 11.3 Å². The SMILES string of the molecule is COc1ccc([18F])cc1C. The average molecular weight is 139 g/mol. The summed E-state index contributed by atoms with van der Waals surface area (Å²) in [7, 11) is 1.57. The highest BCUT2D eigenvalue weighted by molar-refractivity contribution is 5.32. The van der Waals surface area contributed by atoms with Crippen LogP contribution in [-0.4, -0.2) is 7.11 Å². The maximum atomic E-state index is 12.4. The fraction of sp³-hybridized carbons (Fsp3) is 0.250. The lowest BCUT2D eigenvalue weighted by atomic mass is 10.2. The number of hydrogen-bond donors (Lipinski definition) is 0. The van der Waals surface area contributed by atoms with Crippen LogP contribution >= 0.6 is 0 Å². The van der Waals surface area contributed by atoms with Crippen molar-refractivity contribution >= 4 is 0 Å². The Kier molecular flexibility index (Phi) is 1.90. The fourth-order valence-corrected chi connectivity index (χ4v) is 0.842. The molecule has 1 aromatic rings. The molecule has 0 N–H and O–H groups in total. The molecule has 10 heavy (non-hydrogen) atoms. The third-order valence-corrected chi connectivity index (χ3v) is 1.36. The maximum Gasteiger partial charge on any atom is 0.123 e. The zero-order valence-electron chi connectivity index (χ0n) is 6.02. The first-order valence-corrected chi connectivity index (χ1v) is 3.04. The Balaban J connectivity index is 3.07. The molecule has 54 valence electrons. The molecular weight excluding hydrogens is 130 g/mol. The van der Waals surface area contributed by atoms with Crippen LogP contribution in [0.2, 0.25) is 0 Å². The highest BCUT2D eigenvalue weighted by Crippen LogP contribution is 2.16. The second-order valence-electron chi connectivity index (χ2n) is 2.11. The third kappa shape index (κ3) is 1.26. The molecule has 0 aliphatic heterocycles.